The molecule has 2 heteroatoms. The third-order valence-corrected chi connectivity index (χ3v) is 4.50. The van der Waals surface area contributed by atoms with E-state index in [2.05, 4.69) is 5.32 Å². The Morgan fingerprint density at radius 2 is 1.56 bits per heavy atom. The fraction of sp³-hybridized carbons (Fsp3) is 1.00. The van der Waals surface area contributed by atoms with E-state index < -0.39 is 0 Å². The molecule has 0 radical (unpaired) electrons. The zero-order chi connectivity index (χ0) is 11.2. The first-order chi connectivity index (χ1) is 7.86. The standard InChI is InChI=1S/C14H28N2/c15-13-8-4-5-9-14(13)16-11-10-12-6-2-1-3-7-12/h12-14,16H,1-11,15H2. The highest BCUT2D eigenvalue weighted by molar-refractivity contribution is 4.83. The van der Waals surface area contributed by atoms with Crippen LogP contribution in [0.4, 0.5) is 0 Å². The normalized spacial score (nSPS) is 32.8. The predicted octanol–water partition coefficient (Wildman–Crippen LogP) is 2.82. The van der Waals surface area contributed by atoms with Crippen LogP contribution in [0.25, 0.3) is 0 Å². The Bertz CT molecular complexity index is 187. The van der Waals surface area contributed by atoms with Gasteiger partial charge in [-0.1, -0.05) is 44.9 Å². The van der Waals surface area contributed by atoms with Crippen LogP contribution in [-0.4, -0.2) is 18.6 Å². The summed E-state index contributed by atoms with van der Waals surface area (Å²) in [5.41, 5.74) is 6.14. The molecule has 0 bridgehead atoms. The SMILES string of the molecule is NC1CCCCC1NCCC1CCCCC1. The van der Waals surface area contributed by atoms with Crippen molar-refractivity contribution in [3.05, 3.63) is 0 Å². The maximum atomic E-state index is 6.14. The summed E-state index contributed by atoms with van der Waals surface area (Å²) in [6, 6.07) is 1.03. The third kappa shape index (κ3) is 3.74. The van der Waals surface area contributed by atoms with Gasteiger partial charge in [0.15, 0.2) is 0 Å². The number of rotatable bonds is 4. The number of nitrogens with one attached hydrogen (secondary N) is 1. The van der Waals surface area contributed by atoms with Gasteiger partial charge in [-0.15, -0.1) is 0 Å². The predicted molar refractivity (Wildman–Crippen MR) is 69.4 cm³/mol. The summed E-state index contributed by atoms with van der Waals surface area (Å²) in [6.45, 7) is 1.20. The Hall–Kier alpha value is -0.0800. The Morgan fingerprint density at radius 1 is 0.875 bits per heavy atom. The van der Waals surface area contributed by atoms with Crippen molar-refractivity contribution >= 4 is 0 Å². The van der Waals surface area contributed by atoms with Gasteiger partial charge in [0.2, 0.25) is 0 Å². The van der Waals surface area contributed by atoms with Gasteiger partial charge in [-0.25, -0.2) is 0 Å². The van der Waals surface area contributed by atoms with Crippen molar-refractivity contribution in [3.63, 3.8) is 0 Å². The Kier molecular flexibility index (Phi) is 5.11. The van der Waals surface area contributed by atoms with E-state index in [0.717, 1.165) is 5.92 Å². The Morgan fingerprint density at radius 3 is 2.31 bits per heavy atom. The van der Waals surface area contributed by atoms with Gasteiger partial charge in [-0.3, -0.25) is 0 Å². The van der Waals surface area contributed by atoms with Crippen LogP contribution < -0.4 is 11.1 Å². The van der Waals surface area contributed by atoms with E-state index in [1.165, 1.54) is 70.8 Å². The van der Waals surface area contributed by atoms with Gasteiger partial charge in [0.05, 0.1) is 0 Å². The molecule has 0 aliphatic heterocycles. The molecule has 2 nitrogen and oxygen atoms in total. The number of nitrogens with two attached hydrogens (primary N) is 1. The number of hydrogen-bond acceptors (Lipinski definition) is 2. The zero-order valence-electron chi connectivity index (χ0n) is 10.6. The molecule has 2 fully saturated rings. The molecular formula is C14H28N2. The van der Waals surface area contributed by atoms with E-state index in [4.69, 9.17) is 5.73 Å². The summed E-state index contributed by atoms with van der Waals surface area (Å²) >= 11 is 0. The molecule has 94 valence electrons. The lowest BCUT2D eigenvalue weighted by Gasteiger charge is -2.30. The first-order valence-corrected chi connectivity index (χ1v) is 7.35. The second-order valence-corrected chi connectivity index (χ2v) is 5.80. The summed E-state index contributed by atoms with van der Waals surface area (Å²) in [5, 5.41) is 3.69. The zero-order valence-corrected chi connectivity index (χ0v) is 10.6. The first-order valence-electron chi connectivity index (χ1n) is 7.35. The maximum absolute atomic E-state index is 6.14. The largest absolute Gasteiger partial charge is 0.326 e. The molecule has 3 N–H and O–H groups in total. The fourth-order valence-electron chi connectivity index (χ4n) is 3.36. The van der Waals surface area contributed by atoms with Crippen molar-refractivity contribution in [1.82, 2.24) is 5.32 Å². The van der Waals surface area contributed by atoms with E-state index in [9.17, 15) is 0 Å². The molecule has 0 amide bonds. The van der Waals surface area contributed by atoms with Crippen LogP contribution in [0.15, 0.2) is 0 Å². The van der Waals surface area contributed by atoms with Crippen LogP contribution in [0.1, 0.15) is 64.2 Å². The summed E-state index contributed by atoms with van der Waals surface area (Å²) in [4.78, 5) is 0. The van der Waals surface area contributed by atoms with E-state index in [0.29, 0.717) is 12.1 Å². The molecule has 2 atom stereocenters. The van der Waals surface area contributed by atoms with Crippen LogP contribution >= 0.6 is 0 Å². The van der Waals surface area contributed by atoms with Gasteiger partial charge in [-0.05, 0) is 31.7 Å². The van der Waals surface area contributed by atoms with Gasteiger partial charge >= 0.3 is 0 Å². The number of hydrogen-bond donors (Lipinski definition) is 2. The fourth-order valence-corrected chi connectivity index (χ4v) is 3.36. The second-order valence-electron chi connectivity index (χ2n) is 5.80. The van der Waals surface area contributed by atoms with Gasteiger partial charge in [-0.2, -0.15) is 0 Å². The van der Waals surface area contributed by atoms with Crippen molar-refractivity contribution in [2.24, 2.45) is 11.7 Å². The molecule has 16 heavy (non-hydrogen) atoms. The highest BCUT2D eigenvalue weighted by Crippen LogP contribution is 2.26. The molecule has 0 aromatic carbocycles. The highest BCUT2D eigenvalue weighted by Gasteiger charge is 2.21. The third-order valence-electron chi connectivity index (χ3n) is 4.50. The van der Waals surface area contributed by atoms with Crippen LogP contribution in [0.3, 0.4) is 0 Å². The smallest absolute Gasteiger partial charge is 0.0219 e. The quantitative estimate of drug-likeness (QED) is 0.770. The Labute approximate surface area is 100 Å². The molecule has 2 saturated carbocycles. The Balaban J connectivity index is 1.59. The summed E-state index contributed by atoms with van der Waals surface area (Å²) < 4.78 is 0. The lowest BCUT2D eigenvalue weighted by atomic mass is 9.86. The molecular weight excluding hydrogens is 196 g/mol. The van der Waals surface area contributed by atoms with Gasteiger partial charge < -0.3 is 11.1 Å². The molecule has 0 aromatic heterocycles. The highest BCUT2D eigenvalue weighted by atomic mass is 15.0. The minimum atomic E-state index is 0.417. The van der Waals surface area contributed by atoms with Crippen molar-refractivity contribution < 1.29 is 0 Å². The lowest BCUT2D eigenvalue weighted by molar-refractivity contribution is 0.295. The minimum Gasteiger partial charge on any atom is -0.326 e. The monoisotopic (exact) mass is 224 g/mol. The summed E-state index contributed by atoms with van der Waals surface area (Å²) in [6.07, 6.45) is 13.9. The molecule has 0 spiro atoms. The average molecular weight is 224 g/mol. The van der Waals surface area contributed by atoms with Crippen molar-refractivity contribution in [2.75, 3.05) is 6.54 Å². The van der Waals surface area contributed by atoms with Crippen molar-refractivity contribution in [1.29, 1.82) is 0 Å². The molecule has 0 heterocycles. The molecule has 2 aliphatic rings. The first kappa shape index (κ1) is 12.4. The lowest BCUT2D eigenvalue weighted by Crippen LogP contribution is -2.47. The molecule has 2 aliphatic carbocycles. The summed E-state index contributed by atoms with van der Waals surface area (Å²) in [7, 11) is 0. The van der Waals surface area contributed by atoms with Crippen LogP contribution in [0.5, 0.6) is 0 Å². The van der Waals surface area contributed by atoms with E-state index in [1.54, 1.807) is 0 Å². The molecule has 0 aromatic rings. The van der Waals surface area contributed by atoms with E-state index in [1.807, 2.05) is 0 Å². The van der Waals surface area contributed by atoms with Gasteiger partial charge in [0.25, 0.3) is 0 Å². The van der Waals surface area contributed by atoms with Crippen molar-refractivity contribution in [2.45, 2.75) is 76.3 Å². The average Bonchev–Trinajstić information content (AvgIpc) is 2.33. The molecule has 2 rings (SSSR count). The van der Waals surface area contributed by atoms with Crippen LogP contribution in [-0.2, 0) is 0 Å². The van der Waals surface area contributed by atoms with Crippen LogP contribution in [0.2, 0.25) is 0 Å². The van der Waals surface area contributed by atoms with Crippen molar-refractivity contribution in [3.8, 4) is 0 Å². The van der Waals surface area contributed by atoms with E-state index in [-0.39, 0.29) is 0 Å². The minimum absolute atomic E-state index is 0.417. The van der Waals surface area contributed by atoms with Crippen LogP contribution in [0, 0.1) is 5.92 Å². The summed E-state index contributed by atoms with van der Waals surface area (Å²) in [5.74, 6) is 1.00. The maximum Gasteiger partial charge on any atom is 0.0219 e. The topological polar surface area (TPSA) is 38.0 Å². The molecule has 0 saturated heterocycles. The second kappa shape index (κ2) is 6.61. The van der Waals surface area contributed by atoms with Gasteiger partial charge in [0.1, 0.15) is 0 Å². The molecule has 2 unspecified atom stereocenters. The van der Waals surface area contributed by atoms with E-state index >= 15 is 0 Å². The van der Waals surface area contributed by atoms with Gasteiger partial charge in [0, 0.05) is 12.1 Å².